The van der Waals surface area contributed by atoms with Gasteiger partial charge in [0.25, 0.3) is 5.91 Å². The summed E-state index contributed by atoms with van der Waals surface area (Å²) in [6.45, 7) is 9.80. The number of rotatable bonds is 9. The van der Waals surface area contributed by atoms with Crippen LogP contribution in [0.2, 0.25) is 5.02 Å². The van der Waals surface area contributed by atoms with Crippen molar-refractivity contribution in [3.8, 4) is 0 Å². The highest BCUT2D eigenvalue weighted by Crippen LogP contribution is 2.30. The van der Waals surface area contributed by atoms with Crippen LogP contribution in [0.1, 0.15) is 75.1 Å². The summed E-state index contributed by atoms with van der Waals surface area (Å²) in [6, 6.07) is 7.78. The van der Waals surface area contributed by atoms with E-state index < -0.39 is 0 Å². The van der Waals surface area contributed by atoms with E-state index in [-0.39, 0.29) is 24.1 Å². The molecule has 8 heteroatoms. The second-order valence-electron chi connectivity index (χ2n) is 9.57. The summed E-state index contributed by atoms with van der Waals surface area (Å²) in [6.07, 6.45) is 6.50. The van der Waals surface area contributed by atoms with Crippen molar-refractivity contribution in [1.29, 1.82) is 0 Å². The fraction of sp³-hybridized carbons (Fsp3) is 0.560. The molecular weight excluding hydrogens is 438 g/mol. The molecule has 0 atom stereocenters. The van der Waals surface area contributed by atoms with Crippen LogP contribution in [0.4, 0.5) is 5.82 Å². The highest BCUT2D eigenvalue weighted by Gasteiger charge is 2.28. The second-order valence-corrected chi connectivity index (χ2v) is 9.98. The van der Waals surface area contributed by atoms with Gasteiger partial charge < -0.3 is 5.11 Å². The van der Waals surface area contributed by atoms with Crippen LogP contribution in [0.5, 0.6) is 0 Å². The summed E-state index contributed by atoms with van der Waals surface area (Å²) in [7, 11) is 0. The van der Waals surface area contributed by atoms with E-state index in [4.69, 9.17) is 11.6 Å². The van der Waals surface area contributed by atoms with Crippen molar-refractivity contribution in [1.82, 2.24) is 20.3 Å². The molecule has 1 saturated carbocycles. The lowest BCUT2D eigenvalue weighted by molar-refractivity contribution is 0.0942. The molecule has 1 aromatic carbocycles. The van der Waals surface area contributed by atoms with Gasteiger partial charge in [-0.3, -0.25) is 20.1 Å². The van der Waals surface area contributed by atoms with E-state index in [1.54, 1.807) is 6.20 Å². The van der Waals surface area contributed by atoms with Crippen LogP contribution in [0, 0.1) is 0 Å². The normalized spacial score (nSPS) is 14.6. The molecular formula is C25H36ClN5O2. The number of aliphatic hydroxyl groups is 1. The van der Waals surface area contributed by atoms with Crippen molar-refractivity contribution >= 4 is 23.3 Å². The third kappa shape index (κ3) is 6.65. The van der Waals surface area contributed by atoms with Crippen molar-refractivity contribution < 1.29 is 9.90 Å². The van der Waals surface area contributed by atoms with Crippen molar-refractivity contribution in [2.75, 3.05) is 18.2 Å². The van der Waals surface area contributed by atoms with Crippen molar-refractivity contribution in [2.24, 2.45) is 0 Å². The number of β-amino-alcohol motifs (C(OH)–C–C–N with tert-alkyl or cyclic N) is 1. The SMILES string of the molecule is CCc1ncc(Cl)c(N(NC(=O)c2ccc(CN(CCO)C(C)(C)C)cc2)C2CCCC2)n1. The van der Waals surface area contributed by atoms with Crippen LogP contribution >= 0.6 is 11.6 Å². The van der Waals surface area contributed by atoms with Gasteiger partial charge in [-0.25, -0.2) is 9.97 Å². The Morgan fingerprint density at radius 2 is 1.88 bits per heavy atom. The van der Waals surface area contributed by atoms with E-state index in [2.05, 4.69) is 41.1 Å². The third-order valence-electron chi connectivity index (χ3n) is 6.14. The molecule has 1 amide bonds. The minimum absolute atomic E-state index is 0.0608. The zero-order valence-electron chi connectivity index (χ0n) is 20.1. The molecule has 0 bridgehead atoms. The van der Waals surface area contributed by atoms with E-state index in [0.29, 0.717) is 41.7 Å². The maximum absolute atomic E-state index is 13.2. The predicted molar refractivity (Wildman–Crippen MR) is 132 cm³/mol. The summed E-state index contributed by atoms with van der Waals surface area (Å²) < 4.78 is 0. The summed E-state index contributed by atoms with van der Waals surface area (Å²) >= 11 is 6.45. The molecule has 2 aromatic rings. The number of carbonyl (C=O) groups excluding carboxylic acids is 1. The molecule has 0 spiro atoms. The quantitative estimate of drug-likeness (QED) is 0.526. The Morgan fingerprint density at radius 1 is 1.21 bits per heavy atom. The number of hydrogen-bond acceptors (Lipinski definition) is 6. The maximum Gasteiger partial charge on any atom is 0.269 e. The first kappa shape index (κ1) is 25.4. The number of halogens is 1. The van der Waals surface area contributed by atoms with Crippen LogP contribution < -0.4 is 10.4 Å². The van der Waals surface area contributed by atoms with Crippen LogP contribution in [-0.4, -0.2) is 50.6 Å². The van der Waals surface area contributed by atoms with Crippen LogP contribution in [0.15, 0.2) is 30.5 Å². The zero-order valence-corrected chi connectivity index (χ0v) is 20.9. The molecule has 1 aliphatic carbocycles. The van der Waals surface area contributed by atoms with Gasteiger partial charge in [0.2, 0.25) is 0 Å². The van der Waals surface area contributed by atoms with Crippen LogP contribution in [-0.2, 0) is 13.0 Å². The lowest BCUT2D eigenvalue weighted by atomic mass is 10.0. The number of hydrogen-bond donors (Lipinski definition) is 2. The Hall–Kier alpha value is -2.22. The van der Waals surface area contributed by atoms with Gasteiger partial charge in [-0.15, -0.1) is 0 Å². The van der Waals surface area contributed by atoms with E-state index in [0.717, 1.165) is 31.2 Å². The number of aromatic nitrogens is 2. The lowest BCUT2D eigenvalue weighted by Crippen LogP contribution is -2.48. The number of aryl methyl sites for hydroxylation is 1. The molecule has 0 aliphatic heterocycles. The van der Waals surface area contributed by atoms with Gasteiger partial charge in [0.05, 0.1) is 18.8 Å². The highest BCUT2D eigenvalue weighted by molar-refractivity contribution is 6.32. The Balaban J connectivity index is 1.77. The second kappa shape index (κ2) is 11.3. The molecule has 2 N–H and O–H groups in total. The molecule has 1 heterocycles. The van der Waals surface area contributed by atoms with Crippen molar-refractivity contribution in [2.45, 2.75) is 77.9 Å². The molecule has 33 heavy (non-hydrogen) atoms. The number of carbonyl (C=O) groups is 1. The highest BCUT2D eigenvalue weighted by atomic mass is 35.5. The van der Waals surface area contributed by atoms with Crippen LogP contribution in [0.3, 0.4) is 0 Å². The van der Waals surface area contributed by atoms with Crippen molar-refractivity contribution in [3.63, 3.8) is 0 Å². The average Bonchev–Trinajstić information content (AvgIpc) is 3.32. The molecule has 1 aromatic heterocycles. The van der Waals surface area contributed by atoms with Gasteiger partial charge in [0, 0.05) is 30.6 Å². The molecule has 1 aliphatic rings. The Labute approximate surface area is 202 Å². The number of benzene rings is 1. The topological polar surface area (TPSA) is 81.6 Å². The molecule has 3 rings (SSSR count). The Morgan fingerprint density at radius 3 is 2.45 bits per heavy atom. The standard InChI is InChI=1S/C25H36ClN5O2/c1-5-22-27-16-21(26)23(28-22)31(20-8-6-7-9-20)29-24(33)19-12-10-18(11-13-19)17-30(14-15-32)25(2,3)4/h10-13,16,20,32H,5-9,14-15,17H2,1-4H3,(H,29,33). The van der Waals surface area contributed by atoms with Crippen LogP contribution in [0.25, 0.3) is 0 Å². The number of nitrogens with one attached hydrogen (secondary N) is 1. The predicted octanol–water partition coefficient (Wildman–Crippen LogP) is 4.38. The van der Waals surface area contributed by atoms with Gasteiger partial charge in [0.1, 0.15) is 10.8 Å². The first-order chi connectivity index (χ1) is 15.7. The summed E-state index contributed by atoms with van der Waals surface area (Å²) in [4.78, 5) is 24.3. The summed E-state index contributed by atoms with van der Waals surface area (Å²) in [5, 5.41) is 11.7. The Kier molecular flexibility index (Phi) is 8.68. The lowest BCUT2D eigenvalue weighted by Gasteiger charge is -2.35. The van der Waals surface area contributed by atoms with Gasteiger partial charge in [-0.05, 0) is 51.3 Å². The molecule has 7 nitrogen and oxygen atoms in total. The molecule has 1 fully saturated rings. The molecule has 0 saturated heterocycles. The van der Waals surface area contributed by atoms with E-state index in [9.17, 15) is 9.90 Å². The Bertz CT molecular complexity index is 923. The van der Waals surface area contributed by atoms with E-state index in [1.165, 1.54) is 0 Å². The smallest absolute Gasteiger partial charge is 0.269 e. The van der Waals surface area contributed by atoms with Gasteiger partial charge in [0.15, 0.2) is 5.82 Å². The van der Waals surface area contributed by atoms with Crippen molar-refractivity contribution in [3.05, 3.63) is 52.4 Å². The van der Waals surface area contributed by atoms with Gasteiger partial charge in [-0.1, -0.05) is 43.5 Å². The fourth-order valence-electron chi connectivity index (χ4n) is 4.14. The maximum atomic E-state index is 13.2. The number of nitrogens with zero attached hydrogens (tertiary/aromatic N) is 4. The zero-order chi connectivity index (χ0) is 24.0. The minimum atomic E-state index is -0.191. The monoisotopic (exact) mass is 473 g/mol. The summed E-state index contributed by atoms with van der Waals surface area (Å²) in [5.41, 5.74) is 4.67. The number of anilines is 1. The first-order valence-corrected chi connectivity index (χ1v) is 12.2. The van der Waals surface area contributed by atoms with E-state index >= 15 is 0 Å². The third-order valence-corrected chi connectivity index (χ3v) is 6.41. The molecule has 0 unspecified atom stereocenters. The molecule has 0 radical (unpaired) electrons. The first-order valence-electron chi connectivity index (χ1n) is 11.8. The minimum Gasteiger partial charge on any atom is -0.395 e. The number of hydrazine groups is 1. The average molecular weight is 474 g/mol. The number of aliphatic hydroxyl groups excluding tert-OH is 1. The fourth-order valence-corrected chi connectivity index (χ4v) is 4.32. The largest absolute Gasteiger partial charge is 0.395 e. The summed E-state index contributed by atoms with van der Waals surface area (Å²) in [5.74, 6) is 1.07. The van der Waals surface area contributed by atoms with Gasteiger partial charge >= 0.3 is 0 Å². The van der Waals surface area contributed by atoms with Gasteiger partial charge in [-0.2, -0.15) is 0 Å². The molecule has 180 valence electrons. The van der Waals surface area contributed by atoms with E-state index in [1.807, 2.05) is 36.2 Å². The number of amides is 1.